The number of ether oxygens (including phenoxy) is 3. The quantitative estimate of drug-likeness (QED) is 0.290. The van der Waals surface area contributed by atoms with Crippen LogP contribution in [0.4, 0.5) is 11.4 Å². The Bertz CT molecular complexity index is 1550. The highest BCUT2D eigenvalue weighted by atomic mass is 16.5. The Morgan fingerprint density at radius 3 is 2.33 bits per heavy atom. The highest BCUT2D eigenvalue weighted by molar-refractivity contribution is 5.97. The van der Waals surface area contributed by atoms with Crippen LogP contribution in [0.1, 0.15) is 44.4 Å². The number of methoxy groups -OCH3 is 3. The van der Waals surface area contributed by atoms with Crippen molar-refractivity contribution in [2.75, 3.05) is 32.0 Å². The Kier molecular flexibility index (Phi) is 9.25. The molecule has 0 saturated heterocycles. The van der Waals surface area contributed by atoms with Gasteiger partial charge in [0, 0.05) is 24.2 Å². The Labute approximate surface area is 245 Å². The smallest absolute Gasteiger partial charge is 0.247 e. The number of rotatable bonds is 9. The number of fused-ring (bicyclic) bond motifs is 3. The zero-order valence-corrected chi connectivity index (χ0v) is 24.7. The Morgan fingerprint density at radius 2 is 1.71 bits per heavy atom. The molecule has 222 valence electrons. The molecule has 10 nitrogen and oxygen atoms in total. The number of hydrogen-bond donors (Lipinski definition) is 4. The van der Waals surface area contributed by atoms with Gasteiger partial charge >= 0.3 is 0 Å². The molecule has 0 fully saturated rings. The van der Waals surface area contributed by atoms with Crippen LogP contribution in [0.2, 0.25) is 0 Å². The summed E-state index contributed by atoms with van der Waals surface area (Å²) in [5.41, 5.74) is 3.28. The van der Waals surface area contributed by atoms with Gasteiger partial charge in [0.2, 0.25) is 23.0 Å². The zero-order chi connectivity index (χ0) is 30.6. The number of hydrogen-bond acceptors (Lipinski definition) is 8. The molecule has 0 spiro atoms. The fraction of sp³-hybridized carbons (Fsp3) is 0.344. The lowest BCUT2D eigenvalue weighted by Crippen LogP contribution is -2.39. The Morgan fingerprint density at radius 1 is 0.976 bits per heavy atom. The molecular weight excluding hydrogens is 538 g/mol. The SMILES string of the molecule is COc1cc2c(c(OC)c1OC)-c1ccc(N[C@@H](C(=O)Nc3cccc(O)c3)C(C)C)c(=O)cc1[C@H](NC(C)=O)CC2. The molecule has 0 heterocycles. The van der Waals surface area contributed by atoms with E-state index < -0.39 is 12.1 Å². The van der Waals surface area contributed by atoms with Crippen LogP contribution in [0.15, 0.2) is 53.3 Å². The van der Waals surface area contributed by atoms with Crippen molar-refractivity contribution in [2.45, 2.75) is 45.7 Å². The van der Waals surface area contributed by atoms with E-state index in [-0.39, 0.29) is 34.6 Å². The van der Waals surface area contributed by atoms with Crippen molar-refractivity contribution in [1.82, 2.24) is 5.32 Å². The number of carbonyl (C=O) groups is 2. The lowest BCUT2D eigenvalue weighted by molar-refractivity contribution is -0.120. The van der Waals surface area contributed by atoms with Crippen molar-refractivity contribution in [3.8, 4) is 34.1 Å². The first-order chi connectivity index (χ1) is 20.1. The minimum absolute atomic E-state index is 0.0268. The van der Waals surface area contributed by atoms with Crippen LogP contribution in [0.3, 0.4) is 0 Å². The number of anilines is 2. The van der Waals surface area contributed by atoms with Gasteiger partial charge in [-0.1, -0.05) is 26.0 Å². The van der Waals surface area contributed by atoms with E-state index in [9.17, 15) is 19.5 Å². The second-order valence-corrected chi connectivity index (χ2v) is 10.5. The molecule has 0 radical (unpaired) electrons. The highest BCUT2D eigenvalue weighted by Gasteiger charge is 2.30. The summed E-state index contributed by atoms with van der Waals surface area (Å²) in [6, 6.07) is 11.9. The summed E-state index contributed by atoms with van der Waals surface area (Å²) in [7, 11) is 4.62. The van der Waals surface area contributed by atoms with Crippen molar-refractivity contribution in [3.05, 3.63) is 69.9 Å². The van der Waals surface area contributed by atoms with Crippen molar-refractivity contribution in [1.29, 1.82) is 0 Å². The maximum Gasteiger partial charge on any atom is 0.247 e. The van der Waals surface area contributed by atoms with Crippen molar-refractivity contribution >= 4 is 23.2 Å². The molecular formula is C32H37N3O7. The van der Waals surface area contributed by atoms with Crippen molar-refractivity contribution in [3.63, 3.8) is 0 Å². The van der Waals surface area contributed by atoms with Crippen LogP contribution >= 0.6 is 0 Å². The predicted molar refractivity (Wildman–Crippen MR) is 162 cm³/mol. The van der Waals surface area contributed by atoms with Crippen LogP contribution in [0, 0.1) is 5.92 Å². The largest absolute Gasteiger partial charge is 0.508 e. The predicted octanol–water partition coefficient (Wildman–Crippen LogP) is 4.64. The number of benzene rings is 2. The molecule has 2 atom stereocenters. The Hall–Kier alpha value is -4.73. The lowest BCUT2D eigenvalue weighted by atomic mass is 9.95. The molecule has 1 aliphatic carbocycles. The van der Waals surface area contributed by atoms with E-state index in [0.717, 1.165) is 11.1 Å². The van der Waals surface area contributed by atoms with Crippen molar-refractivity contribution < 1.29 is 28.9 Å². The molecule has 0 saturated carbocycles. The Balaban J connectivity index is 1.85. The third kappa shape index (κ3) is 6.27. The number of phenolic OH excluding ortho intramolecular Hbond substituents is 1. The first-order valence-corrected chi connectivity index (χ1v) is 13.7. The fourth-order valence-electron chi connectivity index (χ4n) is 5.33. The van der Waals surface area contributed by atoms with Crippen LogP contribution in [-0.2, 0) is 16.0 Å². The lowest BCUT2D eigenvalue weighted by Gasteiger charge is -2.22. The van der Waals surface area contributed by atoms with Gasteiger partial charge in [0.05, 0.1) is 33.1 Å². The van der Waals surface area contributed by atoms with Gasteiger partial charge in [-0.25, -0.2) is 0 Å². The van der Waals surface area contributed by atoms with E-state index in [1.54, 1.807) is 38.5 Å². The van der Waals surface area contributed by atoms with Crippen LogP contribution < -0.4 is 35.6 Å². The van der Waals surface area contributed by atoms with E-state index in [2.05, 4.69) is 16.0 Å². The molecule has 4 N–H and O–H groups in total. The topological polar surface area (TPSA) is 135 Å². The molecule has 42 heavy (non-hydrogen) atoms. The average molecular weight is 576 g/mol. The van der Waals surface area contributed by atoms with Gasteiger partial charge in [0.25, 0.3) is 0 Å². The maximum absolute atomic E-state index is 13.7. The molecule has 10 heteroatoms. The van der Waals surface area contributed by atoms with Crippen molar-refractivity contribution in [2.24, 2.45) is 5.92 Å². The normalized spacial score (nSPS) is 14.5. The molecule has 3 aromatic rings. The summed E-state index contributed by atoms with van der Waals surface area (Å²) < 4.78 is 17.1. The molecule has 0 aromatic heterocycles. The molecule has 4 rings (SSSR count). The van der Waals surface area contributed by atoms with Gasteiger partial charge in [-0.3, -0.25) is 14.4 Å². The molecule has 3 aromatic carbocycles. The summed E-state index contributed by atoms with van der Waals surface area (Å²) in [4.78, 5) is 39.2. The minimum atomic E-state index is -0.764. The zero-order valence-electron chi connectivity index (χ0n) is 24.7. The second-order valence-electron chi connectivity index (χ2n) is 10.5. The van der Waals surface area contributed by atoms with Gasteiger partial charge in [-0.05, 0) is 65.8 Å². The molecule has 0 unspecified atom stereocenters. The van der Waals surface area contributed by atoms with Gasteiger partial charge in [0.1, 0.15) is 11.8 Å². The number of aryl methyl sites for hydroxylation is 1. The highest BCUT2D eigenvalue weighted by Crippen LogP contribution is 2.50. The first kappa shape index (κ1) is 30.2. The number of amides is 2. The maximum atomic E-state index is 13.7. The standard InChI is InChI=1S/C32H37N3O7/c1-17(2)29(32(39)34-20-8-7-9-21(37)15-20)35-25-13-11-22-23(16-26(25)38)24(33-18(3)36)12-10-19-14-27(40-4)30(41-5)31(42-6)28(19)22/h7-9,11,13-17,24,29,37H,10,12H2,1-6H3,(H,33,36)(H,34,39)(H,35,38)/t24-,29-/m1/s1. The van der Waals surface area contributed by atoms with Crippen LogP contribution in [0.25, 0.3) is 11.1 Å². The van der Waals surface area contributed by atoms with E-state index >= 15 is 0 Å². The number of nitrogens with one attached hydrogen (secondary N) is 3. The van der Waals surface area contributed by atoms with Gasteiger partial charge in [-0.15, -0.1) is 0 Å². The van der Waals surface area contributed by atoms with E-state index in [1.165, 1.54) is 32.2 Å². The third-order valence-electron chi connectivity index (χ3n) is 7.29. The van der Waals surface area contributed by atoms with Crippen LogP contribution in [-0.4, -0.2) is 44.3 Å². The summed E-state index contributed by atoms with van der Waals surface area (Å²) >= 11 is 0. The summed E-state index contributed by atoms with van der Waals surface area (Å²) in [6.07, 6.45) is 1.12. The first-order valence-electron chi connectivity index (χ1n) is 13.7. The van der Waals surface area contributed by atoms with E-state index in [4.69, 9.17) is 14.2 Å². The van der Waals surface area contributed by atoms with E-state index in [0.29, 0.717) is 46.9 Å². The van der Waals surface area contributed by atoms with Crippen LogP contribution in [0.5, 0.6) is 23.0 Å². The van der Waals surface area contributed by atoms with Gasteiger partial charge in [-0.2, -0.15) is 0 Å². The minimum Gasteiger partial charge on any atom is -0.508 e. The fourth-order valence-corrected chi connectivity index (χ4v) is 5.33. The average Bonchev–Trinajstić information content (AvgIpc) is 3.18. The number of phenols is 1. The molecule has 1 aliphatic rings. The molecule has 2 amide bonds. The third-order valence-corrected chi connectivity index (χ3v) is 7.29. The summed E-state index contributed by atoms with van der Waals surface area (Å²) in [6.45, 7) is 5.18. The van der Waals surface area contributed by atoms with E-state index in [1.807, 2.05) is 19.9 Å². The summed E-state index contributed by atoms with van der Waals surface area (Å²) in [5, 5.41) is 18.7. The monoisotopic (exact) mass is 575 g/mol. The molecule has 0 aliphatic heterocycles. The number of carbonyl (C=O) groups excluding carboxylic acids is 2. The number of aromatic hydroxyl groups is 1. The van der Waals surface area contributed by atoms with Gasteiger partial charge < -0.3 is 35.3 Å². The molecule has 0 bridgehead atoms. The summed E-state index contributed by atoms with van der Waals surface area (Å²) in [5.74, 6) is 0.641. The second kappa shape index (κ2) is 12.8. The van der Waals surface area contributed by atoms with Gasteiger partial charge in [0.15, 0.2) is 11.5 Å².